The molecule has 0 spiro atoms. The maximum Gasteiger partial charge on any atom is 0.138 e. The fourth-order valence-corrected chi connectivity index (χ4v) is 3.41. The van der Waals surface area contributed by atoms with E-state index < -0.39 is 0 Å². The lowest BCUT2D eigenvalue weighted by atomic mass is 10.0. The van der Waals surface area contributed by atoms with Crippen LogP contribution in [0.2, 0.25) is 0 Å². The van der Waals surface area contributed by atoms with Crippen molar-refractivity contribution in [2.75, 3.05) is 32.8 Å². The van der Waals surface area contributed by atoms with Crippen molar-refractivity contribution in [2.24, 2.45) is 5.73 Å². The Morgan fingerprint density at radius 2 is 1.39 bits per heavy atom. The minimum Gasteiger partial charge on any atom is -0.497 e. The molecule has 31 heavy (non-hydrogen) atoms. The molecule has 158 valence electrons. The average molecular weight is 415 g/mol. The second kappa shape index (κ2) is 8.93. The highest BCUT2D eigenvalue weighted by Crippen LogP contribution is 2.34. The second-order valence-electron chi connectivity index (χ2n) is 7.31. The van der Waals surface area contributed by atoms with Crippen LogP contribution in [0.5, 0.6) is 11.5 Å². The maximum atomic E-state index is 5.48. The average Bonchev–Trinajstić information content (AvgIpc) is 3.25. The van der Waals surface area contributed by atoms with E-state index in [1.807, 2.05) is 62.6 Å². The van der Waals surface area contributed by atoms with Gasteiger partial charge in [0.1, 0.15) is 24.1 Å². The van der Waals surface area contributed by atoms with Gasteiger partial charge in [-0.25, -0.2) is 4.98 Å². The number of nitrogens with one attached hydrogen (secondary N) is 1. The molecule has 0 unspecified atom stereocenters. The molecule has 0 amide bonds. The summed E-state index contributed by atoms with van der Waals surface area (Å²) in [4.78, 5) is 10.5. The Balaban J connectivity index is 1.79. The lowest BCUT2D eigenvalue weighted by Crippen LogP contribution is -2.07. The normalized spacial score (nSPS) is 10.7. The molecule has 6 heteroatoms. The molecule has 0 radical (unpaired) electrons. The van der Waals surface area contributed by atoms with Crippen molar-refractivity contribution in [3.63, 3.8) is 0 Å². The topological polar surface area (TPSA) is 76.4 Å². The van der Waals surface area contributed by atoms with Gasteiger partial charge in [-0.05, 0) is 72.8 Å². The summed E-state index contributed by atoms with van der Waals surface area (Å²) >= 11 is 0. The minimum atomic E-state index is 0.146. The summed E-state index contributed by atoms with van der Waals surface area (Å²) < 4.78 is 10.7. The van der Waals surface area contributed by atoms with Crippen molar-refractivity contribution in [2.45, 2.75) is 0 Å². The van der Waals surface area contributed by atoms with Gasteiger partial charge >= 0.3 is 0 Å². The van der Waals surface area contributed by atoms with Crippen LogP contribution in [0.4, 0.5) is 5.69 Å². The number of nitrogens with two attached hydrogens (primary N) is 1. The van der Waals surface area contributed by atoms with Crippen LogP contribution in [0.3, 0.4) is 0 Å². The lowest BCUT2D eigenvalue weighted by Gasteiger charge is -2.12. The number of methoxy groups -OCH3 is 1. The van der Waals surface area contributed by atoms with E-state index in [4.69, 9.17) is 20.2 Å². The van der Waals surface area contributed by atoms with Gasteiger partial charge in [0, 0.05) is 36.5 Å². The first-order valence-corrected chi connectivity index (χ1v) is 10.0. The molecule has 1 aromatic heterocycles. The van der Waals surface area contributed by atoms with Gasteiger partial charge in [0.15, 0.2) is 0 Å². The smallest absolute Gasteiger partial charge is 0.138 e. The summed E-state index contributed by atoms with van der Waals surface area (Å²) in [7, 11) is 5.72. The van der Waals surface area contributed by atoms with Gasteiger partial charge in [-0.2, -0.15) is 0 Å². The molecular weight excluding hydrogens is 388 g/mol. The van der Waals surface area contributed by atoms with Crippen LogP contribution in [0, 0.1) is 0 Å². The van der Waals surface area contributed by atoms with Gasteiger partial charge in [0.25, 0.3) is 0 Å². The van der Waals surface area contributed by atoms with Crippen molar-refractivity contribution >= 4 is 5.69 Å². The van der Waals surface area contributed by atoms with E-state index in [0.29, 0.717) is 0 Å². The van der Waals surface area contributed by atoms with E-state index in [2.05, 4.69) is 34.1 Å². The molecule has 0 saturated carbocycles. The first-order chi connectivity index (χ1) is 15.1. The van der Waals surface area contributed by atoms with E-state index in [1.165, 1.54) is 0 Å². The molecule has 0 fully saturated rings. The van der Waals surface area contributed by atoms with Crippen LogP contribution in [0.25, 0.3) is 33.9 Å². The number of hydrogen-bond acceptors (Lipinski definition) is 5. The first kappa shape index (κ1) is 20.5. The van der Waals surface area contributed by atoms with Crippen LogP contribution >= 0.6 is 0 Å². The summed E-state index contributed by atoms with van der Waals surface area (Å²) in [6.45, 7) is 0.146. The summed E-state index contributed by atoms with van der Waals surface area (Å²) in [6, 6.07) is 24.1. The summed E-state index contributed by atoms with van der Waals surface area (Å²) in [5.41, 5.74) is 11.5. The third kappa shape index (κ3) is 4.39. The second-order valence-corrected chi connectivity index (χ2v) is 7.31. The molecule has 0 bridgehead atoms. The van der Waals surface area contributed by atoms with Crippen molar-refractivity contribution in [3.05, 3.63) is 72.8 Å². The van der Waals surface area contributed by atoms with Crippen molar-refractivity contribution in [3.8, 4) is 45.4 Å². The predicted octanol–water partition coefficient (Wildman–Crippen LogP) is 4.78. The Morgan fingerprint density at radius 1 is 0.806 bits per heavy atom. The third-order valence-corrected chi connectivity index (χ3v) is 5.12. The van der Waals surface area contributed by atoms with Crippen LogP contribution in [0.1, 0.15) is 0 Å². The quantitative estimate of drug-likeness (QED) is 0.426. The molecule has 0 aliphatic heterocycles. The van der Waals surface area contributed by atoms with E-state index in [-0.39, 0.29) is 6.73 Å². The zero-order valence-electron chi connectivity index (χ0n) is 17.9. The number of ether oxygens (including phenoxy) is 2. The summed E-state index contributed by atoms with van der Waals surface area (Å²) in [5.74, 6) is 2.35. The zero-order chi connectivity index (χ0) is 21.8. The Labute approximate surface area is 182 Å². The fourth-order valence-electron chi connectivity index (χ4n) is 3.41. The fraction of sp³-hybridized carbons (Fsp3) is 0.160. The number of aromatic amines is 1. The van der Waals surface area contributed by atoms with Crippen molar-refractivity contribution in [1.29, 1.82) is 0 Å². The molecule has 3 aromatic carbocycles. The Bertz CT molecular complexity index is 1130. The van der Waals surface area contributed by atoms with Gasteiger partial charge in [0.05, 0.1) is 18.5 Å². The Hall–Kier alpha value is -3.77. The summed E-state index contributed by atoms with van der Waals surface area (Å²) in [6.07, 6.45) is 0. The van der Waals surface area contributed by atoms with Crippen molar-refractivity contribution < 1.29 is 9.47 Å². The highest BCUT2D eigenvalue weighted by Gasteiger charge is 2.16. The minimum absolute atomic E-state index is 0.146. The van der Waals surface area contributed by atoms with Gasteiger partial charge in [-0.3, -0.25) is 5.73 Å². The number of imidazole rings is 1. The number of nitrogens with zero attached hydrogens (tertiary/aromatic N) is 2. The van der Waals surface area contributed by atoms with E-state index in [0.717, 1.165) is 51.1 Å². The van der Waals surface area contributed by atoms with E-state index >= 15 is 0 Å². The van der Waals surface area contributed by atoms with Crippen LogP contribution in [-0.4, -0.2) is 37.9 Å². The largest absolute Gasteiger partial charge is 0.497 e. The third-order valence-electron chi connectivity index (χ3n) is 5.12. The molecule has 0 aliphatic carbocycles. The lowest BCUT2D eigenvalue weighted by molar-refractivity contribution is 0.330. The number of benzene rings is 3. The highest BCUT2D eigenvalue weighted by atomic mass is 16.5. The predicted molar refractivity (Wildman–Crippen MR) is 125 cm³/mol. The highest BCUT2D eigenvalue weighted by molar-refractivity contribution is 5.81. The Kier molecular flexibility index (Phi) is 5.91. The number of rotatable bonds is 7. The molecule has 0 saturated heterocycles. The first-order valence-electron chi connectivity index (χ1n) is 10.0. The Morgan fingerprint density at radius 3 is 1.97 bits per heavy atom. The van der Waals surface area contributed by atoms with Crippen LogP contribution in [-0.2, 0) is 0 Å². The number of aromatic nitrogens is 2. The summed E-state index contributed by atoms with van der Waals surface area (Å²) in [5, 5.41) is 0. The molecule has 4 aromatic rings. The molecule has 1 heterocycles. The molecular formula is C25H26N4O2. The standard InChI is InChI=1S/C25H26N4O2/c1-29(2)20-10-4-19(5-11-20)25-27-23(17-6-12-21(30-3)13-7-17)24(28-25)18-8-14-22(15-9-18)31-16-26/h4-15H,16,26H2,1-3H3,(H,27,28). The van der Waals surface area contributed by atoms with Crippen molar-refractivity contribution in [1.82, 2.24) is 9.97 Å². The van der Waals surface area contributed by atoms with E-state index in [9.17, 15) is 0 Å². The molecule has 4 rings (SSSR count). The van der Waals surface area contributed by atoms with Gasteiger partial charge in [-0.15, -0.1) is 0 Å². The van der Waals surface area contributed by atoms with Gasteiger partial charge in [-0.1, -0.05) is 0 Å². The molecule has 0 aliphatic rings. The molecule has 6 nitrogen and oxygen atoms in total. The number of anilines is 1. The van der Waals surface area contributed by atoms with Crippen LogP contribution in [0.15, 0.2) is 72.8 Å². The number of hydrogen-bond donors (Lipinski definition) is 2. The monoisotopic (exact) mass is 414 g/mol. The van der Waals surface area contributed by atoms with E-state index in [1.54, 1.807) is 7.11 Å². The molecule has 3 N–H and O–H groups in total. The number of H-pyrrole nitrogens is 1. The zero-order valence-corrected chi connectivity index (χ0v) is 17.9. The van der Waals surface area contributed by atoms with Crippen LogP contribution < -0.4 is 20.1 Å². The molecule has 0 atom stereocenters. The van der Waals surface area contributed by atoms with Gasteiger partial charge in [0.2, 0.25) is 0 Å². The van der Waals surface area contributed by atoms with Gasteiger partial charge < -0.3 is 19.4 Å². The SMILES string of the molecule is COc1ccc(-c2nc(-c3ccc(N(C)C)cc3)[nH]c2-c2ccc(OCN)cc2)cc1. The maximum absolute atomic E-state index is 5.48.